The Morgan fingerprint density at radius 1 is 1.05 bits per heavy atom. The van der Waals surface area contributed by atoms with Gasteiger partial charge in [-0.1, -0.05) is 23.7 Å². The summed E-state index contributed by atoms with van der Waals surface area (Å²) in [7, 11) is 1.44. The number of aryl methyl sites for hydroxylation is 1. The van der Waals surface area contributed by atoms with Gasteiger partial charge in [0.15, 0.2) is 5.65 Å². The third kappa shape index (κ3) is 4.99. The molecule has 0 atom stereocenters. The molecule has 192 valence electrons. The number of nitrogens with one attached hydrogen (secondary N) is 1. The van der Waals surface area contributed by atoms with Crippen LogP contribution >= 0.6 is 11.6 Å². The second kappa shape index (κ2) is 10.4. The molecule has 0 radical (unpaired) electrons. The van der Waals surface area contributed by atoms with Crippen molar-refractivity contribution in [3.05, 3.63) is 75.7 Å². The number of piperazine rings is 1. The van der Waals surface area contributed by atoms with Gasteiger partial charge in [-0.05, 0) is 62.7 Å². The molecule has 0 bridgehead atoms. The van der Waals surface area contributed by atoms with Gasteiger partial charge in [-0.15, -0.1) is 4.73 Å². The fourth-order valence-electron chi connectivity index (χ4n) is 4.83. The van der Waals surface area contributed by atoms with Gasteiger partial charge in [0.05, 0.1) is 5.56 Å². The van der Waals surface area contributed by atoms with Gasteiger partial charge in [0, 0.05) is 65.8 Å². The van der Waals surface area contributed by atoms with E-state index in [1.165, 1.54) is 17.5 Å². The smallest absolute Gasteiger partial charge is 0.293 e. The van der Waals surface area contributed by atoms with E-state index in [1.54, 1.807) is 18.3 Å². The van der Waals surface area contributed by atoms with E-state index >= 15 is 0 Å². The maximum Gasteiger partial charge on any atom is 0.293 e. The number of halogens is 1. The van der Waals surface area contributed by atoms with Gasteiger partial charge in [-0.2, -0.15) is 4.98 Å². The van der Waals surface area contributed by atoms with Gasteiger partial charge in [0.25, 0.3) is 5.56 Å². The molecule has 1 fully saturated rings. The molecule has 0 aliphatic carbocycles. The molecular formula is C28H31ClN6O2. The van der Waals surface area contributed by atoms with Crippen LogP contribution in [0.25, 0.3) is 22.2 Å². The first-order valence-electron chi connectivity index (χ1n) is 12.4. The lowest BCUT2D eigenvalue weighted by Gasteiger charge is -2.38. The average Bonchev–Trinajstić information content (AvgIpc) is 2.89. The number of aromatic nitrogens is 3. The Bertz CT molecular complexity index is 1460. The lowest BCUT2D eigenvalue weighted by Crippen LogP contribution is -2.48. The highest BCUT2D eigenvalue weighted by atomic mass is 35.5. The molecule has 3 heterocycles. The molecule has 1 saturated heterocycles. The highest BCUT2D eigenvalue weighted by molar-refractivity contribution is 6.33. The molecule has 2 aromatic heterocycles. The maximum atomic E-state index is 13.3. The van der Waals surface area contributed by atoms with E-state index in [4.69, 9.17) is 16.4 Å². The molecular weight excluding hydrogens is 488 g/mol. The molecule has 0 unspecified atom stereocenters. The van der Waals surface area contributed by atoms with E-state index in [0.29, 0.717) is 39.2 Å². The fourth-order valence-corrected chi connectivity index (χ4v) is 5.16. The van der Waals surface area contributed by atoms with Gasteiger partial charge < -0.3 is 15.1 Å². The van der Waals surface area contributed by atoms with Crippen molar-refractivity contribution in [1.29, 1.82) is 0 Å². The van der Waals surface area contributed by atoms with Crippen LogP contribution in [0.1, 0.15) is 19.4 Å². The largest absolute Gasteiger partial charge is 0.412 e. The predicted octanol–water partition coefficient (Wildman–Crippen LogP) is 4.75. The zero-order chi connectivity index (χ0) is 26.1. The summed E-state index contributed by atoms with van der Waals surface area (Å²) in [6, 6.07) is 16.1. The molecule has 5 rings (SSSR count). The Labute approximate surface area is 221 Å². The summed E-state index contributed by atoms with van der Waals surface area (Å²) >= 11 is 6.44. The van der Waals surface area contributed by atoms with Crippen LogP contribution in [-0.4, -0.2) is 58.9 Å². The molecule has 4 aromatic rings. The summed E-state index contributed by atoms with van der Waals surface area (Å²) < 4.78 is 1.18. The van der Waals surface area contributed by atoms with Gasteiger partial charge in [0.2, 0.25) is 5.95 Å². The first kappa shape index (κ1) is 25.0. The van der Waals surface area contributed by atoms with Crippen molar-refractivity contribution >= 4 is 40.0 Å². The van der Waals surface area contributed by atoms with Crippen molar-refractivity contribution in [1.82, 2.24) is 19.6 Å². The quantitative estimate of drug-likeness (QED) is 0.394. The Morgan fingerprint density at radius 3 is 2.43 bits per heavy atom. The lowest BCUT2D eigenvalue weighted by molar-refractivity contribution is 0.168. The van der Waals surface area contributed by atoms with Crippen molar-refractivity contribution in [3.63, 3.8) is 0 Å². The van der Waals surface area contributed by atoms with Crippen LogP contribution in [0.3, 0.4) is 0 Å². The summed E-state index contributed by atoms with van der Waals surface area (Å²) in [5, 5.41) is 4.41. The van der Waals surface area contributed by atoms with Crippen LogP contribution in [0, 0.1) is 6.92 Å². The van der Waals surface area contributed by atoms with Gasteiger partial charge in [0.1, 0.15) is 7.11 Å². The minimum atomic E-state index is -0.335. The molecule has 37 heavy (non-hydrogen) atoms. The Morgan fingerprint density at radius 2 is 1.78 bits per heavy atom. The van der Waals surface area contributed by atoms with Crippen LogP contribution in [-0.2, 0) is 0 Å². The minimum absolute atomic E-state index is 0.335. The number of pyridine rings is 1. The molecule has 1 N–H and O–H groups in total. The van der Waals surface area contributed by atoms with E-state index in [9.17, 15) is 4.79 Å². The topological polar surface area (TPSA) is 75.5 Å². The Balaban J connectivity index is 1.40. The molecule has 8 nitrogen and oxygen atoms in total. The van der Waals surface area contributed by atoms with Crippen LogP contribution in [0.4, 0.5) is 17.3 Å². The van der Waals surface area contributed by atoms with Gasteiger partial charge in [-0.25, -0.2) is 4.98 Å². The highest BCUT2D eigenvalue weighted by Gasteiger charge is 2.20. The van der Waals surface area contributed by atoms with Crippen LogP contribution < -0.4 is 20.6 Å². The predicted molar refractivity (Wildman–Crippen MR) is 150 cm³/mol. The van der Waals surface area contributed by atoms with Crippen LogP contribution in [0.15, 0.2) is 59.5 Å². The van der Waals surface area contributed by atoms with E-state index in [0.717, 1.165) is 37.4 Å². The number of benzene rings is 2. The van der Waals surface area contributed by atoms with E-state index in [-0.39, 0.29) is 5.56 Å². The van der Waals surface area contributed by atoms with Crippen molar-refractivity contribution < 1.29 is 4.84 Å². The van der Waals surface area contributed by atoms with E-state index < -0.39 is 0 Å². The summed E-state index contributed by atoms with van der Waals surface area (Å²) in [6.45, 7) is 10.6. The normalized spacial score (nSPS) is 14.4. The Kier molecular flexibility index (Phi) is 7.04. The first-order valence-corrected chi connectivity index (χ1v) is 12.8. The fraction of sp³-hybridized carbons (Fsp3) is 0.321. The highest BCUT2D eigenvalue weighted by Crippen LogP contribution is 2.30. The Hall–Kier alpha value is -3.62. The maximum absolute atomic E-state index is 13.3. The minimum Gasteiger partial charge on any atom is -0.412 e. The summed E-state index contributed by atoms with van der Waals surface area (Å²) in [6.07, 6.45) is 1.68. The zero-order valence-electron chi connectivity index (χ0n) is 21.5. The third-order valence-electron chi connectivity index (χ3n) is 6.91. The number of hydrogen-bond donors (Lipinski definition) is 1. The van der Waals surface area contributed by atoms with Crippen molar-refractivity contribution in [3.8, 4) is 11.1 Å². The average molecular weight is 519 g/mol. The third-order valence-corrected chi connectivity index (χ3v) is 7.22. The van der Waals surface area contributed by atoms with E-state index in [2.05, 4.69) is 51.1 Å². The number of anilines is 3. The molecule has 1 aliphatic rings. The summed E-state index contributed by atoms with van der Waals surface area (Å²) in [5.41, 5.74) is 4.11. The van der Waals surface area contributed by atoms with E-state index in [1.807, 2.05) is 31.2 Å². The van der Waals surface area contributed by atoms with Gasteiger partial charge in [-0.3, -0.25) is 9.69 Å². The van der Waals surface area contributed by atoms with Crippen molar-refractivity contribution in [2.24, 2.45) is 0 Å². The number of fused-ring (bicyclic) bond motifs is 1. The summed E-state index contributed by atoms with van der Waals surface area (Å²) in [4.78, 5) is 32.7. The molecule has 2 aromatic carbocycles. The molecule has 1 aliphatic heterocycles. The molecule has 0 spiro atoms. The SMILES string of the molecule is COn1c(=O)c(-c2c(C)cccc2Cl)cc2cnc(Nc3ccc(N4CCN(C(C)C)CC4)cc3)nc21. The molecule has 0 saturated carbocycles. The second-order valence-corrected chi connectivity index (χ2v) is 9.94. The van der Waals surface area contributed by atoms with Gasteiger partial charge >= 0.3 is 0 Å². The zero-order valence-corrected chi connectivity index (χ0v) is 22.3. The van der Waals surface area contributed by atoms with Crippen LogP contribution in [0.2, 0.25) is 5.02 Å². The number of nitrogens with zero attached hydrogens (tertiary/aromatic N) is 5. The standard InChI is InChI=1S/C28H31ClN6O2/c1-18(2)33-12-14-34(15-13-33)22-10-8-21(9-11-22)31-28-30-17-20-16-23(25-19(3)6-5-7-24(25)29)27(36)35(37-4)26(20)32-28/h5-11,16-18H,12-15H2,1-4H3,(H,30,31,32). The molecule has 9 heteroatoms. The summed E-state index contributed by atoms with van der Waals surface area (Å²) in [5.74, 6) is 0.373. The second-order valence-electron chi connectivity index (χ2n) is 9.53. The first-order chi connectivity index (χ1) is 17.9. The monoisotopic (exact) mass is 518 g/mol. The number of hydrogen-bond acceptors (Lipinski definition) is 7. The van der Waals surface area contributed by atoms with Crippen LogP contribution in [0.5, 0.6) is 0 Å². The van der Waals surface area contributed by atoms with Crippen molar-refractivity contribution in [2.45, 2.75) is 26.8 Å². The lowest BCUT2D eigenvalue weighted by atomic mass is 10.0. The number of rotatable bonds is 6. The van der Waals surface area contributed by atoms with Crippen molar-refractivity contribution in [2.75, 3.05) is 43.5 Å². The molecule has 0 amide bonds.